The van der Waals surface area contributed by atoms with Crippen LogP contribution >= 0.6 is 12.6 Å². The van der Waals surface area contributed by atoms with E-state index < -0.39 is 16.1 Å². The summed E-state index contributed by atoms with van der Waals surface area (Å²) in [5.74, 6) is -0.877. The number of carbonyl (C=O) groups is 1. The molecule has 1 N–H and O–H groups in total. The van der Waals surface area contributed by atoms with Crippen LogP contribution in [-0.2, 0) is 4.79 Å². The molecule has 1 atom stereocenters. The van der Waals surface area contributed by atoms with Crippen molar-refractivity contribution in [3.8, 4) is 0 Å². The van der Waals surface area contributed by atoms with Crippen molar-refractivity contribution in [3.05, 3.63) is 34.6 Å². The fourth-order valence-corrected chi connectivity index (χ4v) is 0.462. The average molecular weight is 230 g/mol. The molecule has 0 saturated carbocycles. The third-order valence-electron chi connectivity index (χ3n) is 1.21. The fraction of sp³-hybridized carbons (Fsp3) is 0.250. The van der Waals surface area contributed by atoms with E-state index in [1.54, 1.807) is 0 Å². The van der Waals surface area contributed by atoms with Crippen LogP contribution in [0.1, 0.15) is 6.92 Å². The first-order chi connectivity index (χ1) is 6.95. The Balaban J connectivity index is 0.000000288. The smallest absolute Gasteiger partial charge is 0.316 e. The summed E-state index contributed by atoms with van der Waals surface area (Å²) in [5, 5.41) is 17.3. The highest BCUT2D eigenvalue weighted by Crippen LogP contribution is 2.04. The molecule has 7 heteroatoms. The van der Waals surface area contributed by atoms with Gasteiger partial charge in [-0.2, -0.15) is 12.6 Å². The molecule has 0 radical (unpaired) electrons. The van der Waals surface area contributed by atoms with Crippen LogP contribution in [0.5, 0.6) is 0 Å². The first kappa shape index (κ1) is 13.4. The lowest BCUT2D eigenvalue weighted by atomic mass is 10.4. The minimum Gasteiger partial charge on any atom is -0.480 e. The number of hydrogen-bond acceptors (Lipinski definition) is 5. The zero-order chi connectivity index (χ0) is 11.8. The highest BCUT2D eigenvalue weighted by Gasteiger charge is 2.00. The van der Waals surface area contributed by atoms with E-state index in [0.29, 0.717) is 0 Å². The van der Waals surface area contributed by atoms with E-state index in [1.165, 1.54) is 31.5 Å². The van der Waals surface area contributed by atoms with Crippen molar-refractivity contribution in [3.63, 3.8) is 0 Å². The Bertz CT molecular complexity index is 329. The predicted octanol–water partition coefficient (Wildman–Crippen LogP) is 1.38. The fourth-order valence-electron chi connectivity index (χ4n) is 0.462. The van der Waals surface area contributed by atoms with Gasteiger partial charge in [0.05, 0.1) is 10.2 Å². The number of aliphatic carboxylic acids is 1. The van der Waals surface area contributed by atoms with Gasteiger partial charge in [-0.1, -0.05) is 0 Å². The van der Waals surface area contributed by atoms with Crippen molar-refractivity contribution in [1.29, 1.82) is 0 Å². The highest BCUT2D eigenvalue weighted by atomic mass is 32.1. The Labute approximate surface area is 91.5 Å². The molecule has 82 valence electrons. The predicted molar refractivity (Wildman–Crippen MR) is 57.0 cm³/mol. The maximum atomic E-state index is 9.97. The Morgan fingerprint density at radius 2 is 2.27 bits per heavy atom. The number of hydrogen-bond donors (Lipinski definition) is 2. The summed E-state index contributed by atoms with van der Waals surface area (Å²) >= 11 is 3.59. The van der Waals surface area contributed by atoms with Crippen molar-refractivity contribution in [1.82, 2.24) is 4.98 Å². The number of aromatic nitrogens is 1. The third-order valence-corrected chi connectivity index (χ3v) is 1.44. The largest absolute Gasteiger partial charge is 0.480 e. The Hall–Kier alpha value is -1.63. The minimum atomic E-state index is -0.877. The van der Waals surface area contributed by atoms with Crippen LogP contribution in [-0.4, -0.2) is 26.2 Å². The van der Waals surface area contributed by atoms with Crippen molar-refractivity contribution >= 4 is 24.3 Å². The zero-order valence-corrected chi connectivity index (χ0v) is 8.79. The molecule has 0 aromatic carbocycles. The third kappa shape index (κ3) is 6.44. The molecule has 6 nitrogen and oxygen atoms in total. The molecular weight excluding hydrogens is 220 g/mol. The minimum absolute atomic E-state index is 0.0255. The number of carboxylic acids is 1. The van der Waals surface area contributed by atoms with Crippen molar-refractivity contribution < 1.29 is 14.8 Å². The van der Waals surface area contributed by atoms with Crippen LogP contribution in [0, 0.1) is 10.1 Å². The van der Waals surface area contributed by atoms with Gasteiger partial charge in [0.2, 0.25) is 0 Å². The van der Waals surface area contributed by atoms with Gasteiger partial charge in [-0.25, -0.2) is 0 Å². The van der Waals surface area contributed by atoms with Gasteiger partial charge < -0.3 is 5.11 Å². The second kappa shape index (κ2) is 6.77. The molecule has 0 aliphatic heterocycles. The standard InChI is InChI=1S/C5H4N2O2.C3H6O2S/c8-7(9)5-2-1-3-6-4-5;1-2(6)3(4)5/h1-4H;2,6H,1H3,(H,4,5). The molecule has 0 bridgehead atoms. The average Bonchev–Trinajstić information content (AvgIpc) is 2.20. The normalized spacial score (nSPS) is 10.8. The van der Waals surface area contributed by atoms with Crippen LogP contribution < -0.4 is 0 Å². The molecule has 1 aromatic heterocycles. The van der Waals surface area contributed by atoms with Gasteiger partial charge in [-0.3, -0.25) is 19.9 Å². The van der Waals surface area contributed by atoms with Crippen LogP contribution in [0.4, 0.5) is 5.69 Å². The summed E-state index contributed by atoms with van der Waals surface area (Å²) in [4.78, 5) is 22.7. The molecule has 0 amide bonds. The van der Waals surface area contributed by atoms with E-state index in [2.05, 4.69) is 17.6 Å². The molecular formula is C8H10N2O4S. The molecule has 0 aliphatic carbocycles. The van der Waals surface area contributed by atoms with E-state index in [1.807, 2.05) is 0 Å². The quantitative estimate of drug-likeness (QED) is 0.454. The van der Waals surface area contributed by atoms with Crippen LogP contribution in [0.3, 0.4) is 0 Å². The molecule has 1 unspecified atom stereocenters. The number of nitro groups is 1. The molecule has 1 heterocycles. The number of pyridine rings is 1. The lowest BCUT2D eigenvalue weighted by Crippen LogP contribution is -2.06. The maximum absolute atomic E-state index is 9.97. The molecule has 0 saturated heterocycles. The van der Waals surface area contributed by atoms with E-state index in [-0.39, 0.29) is 5.69 Å². The van der Waals surface area contributed by atoms with Crippen molar-refractivity contribution in [2.24, 2.45) is 0 Å². The molecule has 15 heavy (non-hydrogen) atoms. The molecule has 0 spiro atoms. The Kier molecular flexibility index (Phi) is 6.03. The van der Waals surface area contributed by atoms with E-state index in [9.17, 15) is 14.9 Å². The molecule has 0 fully saturated rings. The van der Waals surface area contributed by atoms with Crippen LogP contribution in [0.15, 0.2) is 24.5 Å². The topological polar surface area (TPSA) is 93.3 Å². The van der Waals surface area contributed by atoms with E-state index in [0.717, 1.165) is 0 Å². The lowest BCUT2D eigenvalue weighted by Gasteiger charge is -1.88. The van der Waals surface area contributed by atoms with Gasteiger partial charge in [-0.15, -0.1) is 0 Å². The van der Waals surface area contributed by atoms with Gasteiger partial charge in [0.1, 0.15) is 6.20 Å². The Morgan fingerprint density at radius 1 is 1.73 bits per heavy atom. The first-order valence-electron chi connectivity index (χ1n) is 3.90. The summed E-state index contributed by atoms with van der Waals surface area (Å²) in [7, 11) is 0. The van der Waals surface area contributed by atoms with E-state index >= 15 is 0 Å². The highest BCUT2D eigenvalue weighted by molar-refractivity contribution is 7.81. The number of rotatable bonds is 2. The second-order valence-corrected chi connectivity index (χ2v) is 3.26. The van der Waals surface area contributed by atoms with E-state index in [4.69, 9.17) is 5.11 Å². The van der Waals surface area contributed by atoms with Crippen molar-refractivity contribution in [2.45, 2.75) is 12.2 Å². The summed E-state index contributed by atoms with van der Waals surface area (Å²) in [6.07, 6.45) is 2.70. The monoisotopic (exact) mass is 230 g/mol. The summed E-state index contributed by atoms with van der Waals surface area (Å²) in [5.41, 5.74) is 0.0255. The SMILES string of the molecule is CC(S)C(=O)O.O=[N+]([O-])c1cccnc1. The molecule has 1 rings (SSSR count). The number of thiol groups is 1. The molecule has 1 aromatic rings. The lowest BCUT2D eigenvalue weighted by molar-refractivity contribution is -0.385. The number of nitrogens with zero attached hydrogens (tertiary/aromatic N) is 2. The summed E-state index contributed by atoms with van der Waals surface area (Å²) in [6.45, 7) is 1.51. The van der Waals surface area contributed by atoms with Gasteiger partial charge in [-0.05, 0) is 13.0 Å². The van der Waals surface area contributed by atoms with Gasteiger partial charge in [0.15, 0.2) is 0 Å². The van der Waals surface area contributed by atoms with Gasteiger partial charge >= 0.3 is 5.97 Å². The van der Waals surface area contributed by atoms with Crippen molar-refractivity contribution in [2.75, 3.05) is 0 Å². The first-order valence-corrected chi connectivity index (χ1v) is 4.42. The van der Waals surface area contributed by atoms with Crippen LogP contribution in [0.25, 0.3) is 0 Å². The Morgan fingerprint density at radius 3 is 2.47 bits per heavy atom. The zero-order valence-electron chi connectivity index (χ0n) is 7.90. The molecule has 0 aliphatic rings. The number of carboxylic acid groups (broad SMARTS) is 1. The van der Waals surface area contributed by atoms with Gasteiger partial charge in [0, 0.05) is 12.3 Å². The maximum Gasteiger partial charge on any atom is 0.316 e. The summed E-state index contributed by atoms with van der Waals surface area (Å²) < 4.78 is 0. The van der Waals surface area contributed by atoms with Gasteiger partial charge in [0.25, 0.3) is 5.69 Å². The summed E-state index contributed by atoms with van der Waals surface area (Å²) in [6, 6.07) is 2.92. The van der Waals surface area contributed by atoms with Crippen LogP contribution in [0.2, 0.25) is 0 Å². The second-order valence-electron chi connectivity index (χ2n) is 2.48.